The van der Waals surface area contributed by atoms with E-state index in [0.717, 1.165) is 77.8 Å². The van der Waals surface area contributed by atoms with Crippen molar-refractivity contribution in [1.82, 2.24) is 10.8 Å². The number of phenols is 1. The van der Waals surface area contributed by atoms with Crippen LogP contribution in [0, 0.1) is 0 Å². The maximum atomic E-state index is 13.2. The predicted octanol–water partition coefficient (Wildman–Crippen LogP) is 16.1. The quantitative estimate of drug-likeness (QED) is 0.00321. The second-order valence-corrected chi connectivity index (χ2v) is 48.8. The molecule has 678 valence electrons. The van der Waals surface area contributed by atoms with Crippen LogP contribution < -0.4 is 49.1 Å². The molecule has 0 heterocycles. The number of amides is 2. The van der Waals surface area contributed by atoms with Crippen LogP contribution in [0.2, 0.25) is 76.6 Å². The largest absolute Gasteiger partial charge is 0.504 e. The van der Waals surface area contributed by atoms with Gasteiger partial charge < -0.3 is 81.8 Å². The van der Waals surface area contributed by atoms with Crippen LogP contribution in [0.5, 0.6) is 11.5 Å². The lowest BCUT2D eigenvalue weighted by molar-refractivity contribution is -0.258. The minimum absolute atomic E-state index is 0.0215. The Bertz CT molecular complexity index is 4690. The number of aliphatic hydroxyl groups excluding tert-OH is 1. The van der Waals surface area contributed by atoms with Crippen molar-refractivity contribution in [3.8, 4) is 44.9 Å². The standard InChI is InChI=1S/C28H43NO7Si2.C26H27N3O7.C15H16O7.C10H28N2OSi2.C8H10N2O.CH2O/c1-7-8-15-37(3,4)36-38(5,6)16-9-14-29-27(30)26-18-22(12-13-25(26)28(31)32)21-10-11-23(20-35-33)24(17-21)19-34-2;1-15(30)19-9-21(27-2)12-22(10-19)29-25(31)24-11-17(6-7-23(24)26(32)33)16-4-5-18(14-36-34)20(8-16)13-35-28-3;16-9-20-15-6-11(3-4-14(15)17)10-1-2-12(7-21-18)13(5-10)8-22-19;1-14(2,9-5-7-11)13-15(3,4)10-6-8-12;1-5(11)6-2-7(9)4-8(10)3-6;1-2/h10-13,17-18,33H,7-9,14-16,19-20H2,1-6H3,(H,29,30)(H,31,32);4-12,27-28,34H,13-14H2,1-3H3,(H,29,31)(H,32,33);1-6,16-19H,7-9H2;5-12H2,1-4H3;2-4H,9-10H2,1H3;1H2. The second kappa shape index (κ2) is 55.3. The average Bonchev–Trinajstić information content (AvgIpc) is 0.801. The van der Waals surface area contributed by atoms with Crippen LogP contribution in [-0.2, 0) is 81.8 Å². The molecule has 0 aliphatic heterocycles. The molecule has 8 rings (SSSR count). The van der Waals surface area contributed by atoms with Crippen molar-refractivity contribution in [3.63, 3.8) is 0 Å². The number of aliphatic hydroxyl groups is 1. The Hall–Kier alpha value is -10.1. The van der Waals surface area contributed by atoms with Crippen molar-refractivity contribution < 1.29 is 117 Å². The van der Waals surface area contributed by atoms with Crippen LogP contribution >= 0.6 is 0 Å². The molecule has 36 heteroatoms. The lowest BCUT2D eigenvalue weighted by Crippen LogP contribution is -2.44. The number of anilines is 4. The van der Waals surface area contributed by atoms with Crippen molar-refractivity contribution in [2.24, 2.45) is 11.5 Å². The summed E-state index contributed by atoms with van der Waals surface area (Å²) in [6.07, 6.45) is 5.34. The highest BCUT2D eigenvalue weighted by Gasteiger charge is 2.34. The highest BCUT2D eigenvalue weighted by Crippen LogP contribution is 2.35. The monoisotopic (exact) mass is 1790 g/mol. The minimum atomic E-state index is -1.86. The number of nitrogens with two attached hydrogens (primary N) is 4. The van der Waals surface area contributed by atoms with E-state index in [1.807, 2.05) is 25.0 Å². The van der Waals surface area contributed by atoms with Gasteiger partial charge in [-0.3, -0.25) is 45.0 Å². The summed E-state index contributed by atoms with van der Waals surface area (Å²) in [7, 11) is -1.61. The van der Waals surface area contributed by atoms with Crippen molar-refractivity contribution in [2.45, 2.75) is 169 Å². The molecule has 8 aromatic rings. The molecule has 0 spiro atoms. The number of aromatic carboxylic acids is 2. The Morgan fingerprint density at radius 2 is 0.823 bits per heavy atom. The van der Waals surface area contributed by atoms with E-state index >= 15 is 0 Å². The molecular formula is C88H126N8O24Si4. The number of methoxy groups -OCH3 is 1. The molecule has 8 aromatic carbocycles. The van der Waals surface area contributed by atoms with Gasteiger partial charge in [0.1, 0.15) is 33.2 Å². The third kappa shape index (κ3) is 37.8. The maximum absolute atomic E-state index is 13.2. The Morgan fingerprint density at radius 1 is 0.444 bits per heavy atom. The number of carboxylic acids is 2. The maximum Gasteiger partial charge on any atom is 0.336 e. The fourth-order valence-electron chi connectivity index (χ4n) is 13.2. The number of nitrogen functional groups attached to an aromatic ring is 2. The molecule has 0 aromatic heterocycles. The van der Waals surface area contributed by atoms with Crippen molar-refractivity contribution >= 4 is 98.1 Å². The van der Waals surface area contributed by atoms with Gasteiger partial charge in [0.2, 0.25) is 0 Å². The summed E-state index contributed by atoms with van der Waals surface area (Å²) in [5.41, 5.74) is 36.0. The number of hydrogen-bond acceptors (Lipinski definition) is 28. The third-order valence-corrected chi connectivity index (χ3v) is 34.1. The van der Waals surface area contributed by atoms with Crippen LogP contribution in [0.15, 0.2) is 146 Å². The van der Waals surface area contributed by atoms with E-state index in [0.29, 0.717) is 80.4 Å². The van der Waals surface area contributed by atoms with Crippen molar-refractivity contribution in [1.29, 1.82) is 0 Å². The number of aromatic hydroxyl groups is 1. The summed E-state index contributed by atoms with van der Waals surface area (Å²) in [4.78, 5) is 103. The number of ketones is 2. The van der Waals surface area contributed by atoms with Gasteiger partial charge in [0.05, 0.1) is 35.5 Å². The summed E-state index contributed by atoms with van der Waals surface area (Å²) in [6, 6.07) is 44.1. The van der Waals surface area contributed by atoms with E-state index in [-0.39, 0.29) is 78.4 Å². The van der Waals surface area contributed by atoms with Crippen LogP contribution in [0.3, 0.4) is 0 Å². The molecule has 0 aliphatic rings. The minimum Gasteiger partial charge on any atom is -0.504 e. The fraction of sp³-hybridized carbons (Fsp3) is 0.375. The van der Waals surface area contributed by atoms with E-state index in [4.69, 9.17) is 76.4 Å². The number of hydroxylamine groups is 1. The molecule has 2 amide bonds. The molecule has 124 heavy (non-hydrogen) atoms. The lowest BCUT2D eigenvalue weighted by atomic mass is 9.95. The number of rotatable bonds is 43. The topological polar surface area (TPSA) is 517 Å². The van der Waals surface area contributed by atoms with Gasteiger partial charge in [-0.2, -0.15) is 0 Å². The molecule has 0 bridgehead atoms. The van der Waals surface area contributed by atoms with Gasteiger partial charge in [-0.25, -0.2) is 34.6 Å². The van der Waals surface area contributed by atoms with Crippen molar-refractivity contribution in [3.05, 3.63) is 212 Å². The normalized spacial score (nSPS) is 11.1. The lowest BCUT2D eigenvalue weighted by Gasteiger charge is -2.34. The number of carbonyl (C=O) groups is 7. The van der Waals surface area contributed by atoms with Gasteiger partial charge >= 0.3 is 11.9 Å². The number of carboxylic acid groups (broad SMARTS) is 2. The van der Waals surface area contributed by atoms with Crippen molar-refractivity contribution in [2.75, 3.05) is 69.7 Å². The number of unbranched alkanes of at least 4 members (excludes halogenated alkanes) is 1. The Balaban J connectivity index is 0.000000424. The number of benzene rings is 8. The molecule has 32 nitrogen and oxygen atoms in total. The van der Waals surface area contributed by atoms with Crippen LogP contribution in [0.1, 0.15) is 148 Å². The summed E-state index contributed by atoms with van der Waals surface area (Å²) in [5, 5.41) is 81.3. The first-order chi connectivity index (χ1) is 58.8. The zero-order chi connectivity index (χ0) is 92.9. The first-order valence-electron chi connectivity index (χ1n) is 40.0. The van der Waals surface area contributed by atoms with E-state index in [2.05, 4.69) is 100 Å². The first-order valence-corrected chi connectivity index (χ1v) is 52.5. The highest BCUT2D eigenvalue weighted by molar-refractivity contribution is 6.85. The summed E-state index contributed by atoms with van der Waals surface area (Å²) < 4.78 is 23.2. The SMILES string of the molecule is C=O.CC(=O)c1cc(N)cc(N)c1.CCCC[Si](C)(C)O[Si](C)(C)CCCNC(=O)c1cc(-c2ccc(COO)c(COC)c2)ccc1C(=O)O.CNOCc1cc(-c2ccc(C(=O)O)c(C(=O)Nc3cc(NC)cc(C(C)=O)c3)c2)ccc1COO.C[Si](C)(CCCN)O[Si](C)(C)CCCN.OCOc1cc(-c2ccc(COO)c(COO)c2)ccc1O. The van der Waals surface area contributed by atoms with Gasteiger partial charge in [-0.05, 0) is 281 Å². The molecule has 0 saturated heterocycles. The van der Waals surface area contributed by atoms with E-state index in [9.17, 15) is 44.1 Å². The van der Waals surface area contributed by atoms with E-state index in [1.54, 1.807) is 118 Å². The van der Waals surface area contributed by atoms with Gasteiger partial charge in [0.25, 0.3) is 11.8 Å². The number of carbonyl (C=O) groups excluding carboxylic acids is 5. The van der Waals surface area contributed by atoms with Gasteiger partial charge in [-0.1, -0.05) is 74.4 Å². The molecule has 0 unspecified atom stereocenters. The van der Waals surface area contributed by atoms with Crippen LogP contribution in [-0.4, -0.2) is 164 Å². The zero-order valence-corrected chi connectivity index (χ0v) is 77.4. The molecular weight excluding hydrogens is 1670 g/mol. The van der Waals surface area contributed by atoms with Gasteiger partial charge in [-0.15, -0.1) is 0 Å². The summed E-state index contributed by atoms with van der Waals surface area (Å²) in [6.45, 7) is 27.2. The third-order valence-electron chi connectivity index (χ3n) is 19.1. The zero-order valence-electron chi connectivity index (χ0n) is 73.4. The number of phenolic OH excluding ortho intramolecular Hbond substituents is 1. The number of Topliss-reactive ketones (excluding diaryl/α,β-unsaturated/α-hetero) is 2. The number of nitrogens with one attached hydrogen (secondary N) is 4. The highest BCUT2D eigenvalue weighted by atomic mass is 28.4. The predicted molar refractivity (Wildman–Crippen MR) is 490 cm³/mol. The molecule has 0 aliphatic carbocycles. The molecule has 0 atom stereocenters. The number of hydrogen-bond donors (Lipinski definition) is 16. The van der Waals surface area contributed by atoms with Crippen LogP contribution in [0.4, 0.5) is 22.7 Å². The van der Waals surface area contributed by atoms with Crippen LogP contribution in [0.25, 0.3) is 33.4 Å². The average molecular weight is 1790 g/mol. The van der Waals surface area contributed by atoms with Gasteiger partial charge in [0.15, 0.2) is 63.1 Å². The number of ether oxygens (including phenoxy) is 2. The Morgan fingerprint density at radius 3 is 1.23 bits per heavy atom. The molecule has 0 fully saturated rings. The second-order valence-electron chi connectivity index (χ2n) is 31.1. The molecule has 0 saturated carbocycles. The van der Waals surface area contributed by atoms with E-state index in [1.165, 1.54) is 69.1 Å². The summed E-state index contributed by atoms with van der Waals surface area (Å²) in [5.74, 6) is -3.58. The summed E-state index contributed by atoms with van der Waals surface area (Å²) >= 11 is 0. The molecule has 0 radical (unpaired) electrons. The van der Waals surface area contributed by atoms with Gasteiger partial charge in [0, 0.05) is 61.6 Å². The first kappa shape index (κ1) is 108. The molecule has 20 N–H and O–H groups in total. The smallest absolute Gasteiger partial charge is 0.336 e. The van der Waals surface area contributed by atoms with E-state index < -0.39 is 63.8 Å². The Kier molecular flexibility index (Phi) is 48.2. The Labute approximate surface area is 729 Å². The fourth-order valence-corrected chi connectivity index (χ4v) is 31.1.